The molecule has 0 unspecified atom stereocenters. The fourth-order valence-corrected chi connectivity index (χ4v) is 2.19. The Morgan fingerprint density at radius 1 is 1.14 bits per heavy atom. The fourth-order valence-electron chi connectivity index (χ4n) is 2.19. The second kappa shape index (κ2) is 6.00. The summed E-state index contributed by atoms with van der Waals surface area (Å²) >= 11 is 0. The summed E-state index contributed by atoms with van der Waals surface area (Å²) in [7, 11) is 0. The summed E-state index contributed by atoms with van der Waals surface area (Å²) < 4.78 is 0. The third-order valence-electron chi connectivity index (χ3n) is 3.16. The molecule has 0 saturated carbocycles. The second-order valence-corrected chi connectivity index (χ2v) is 3.94. The third-order valence-corrected chi connectivity index (χ3v) is 3.16. The Morgan fingerprint density at radius 3 is 2.14 bits per heavy atom. The molecule has 3 nitrogen and oxygen atoms in total. The molecule has 1 aliphatic rings. The van der Waals surface area contributed by atoms with Crippen molar-refractivity contribution < 1.29 is 0 Å². The minimum atomic E-state index is 0.594. The van der Waals surface area contributed by atoms with Crippen LogP contribution in [0.5, 0.6) is 0 Å². The van der Waals surface area contributed by atoms with Gasteiger partial charge in [-0.3, -0.25) is 9.80 Å². The van der Waals surface area contributed by atoms with Crippen LogP contribution in [0, 0.1) is 11.3 Å². The highest BCUT2D eigenvalue weighted by atomic mass is 15.3. The molecule has 0 bridgehead atoms. The zero-order valence-electron chi connectivity index (χ0n) is 9.37. The summed E-state index contributed by atoms with van der Waals surface area (Å²) in [6.07, 6.45) is 2.49. The van der Waals surface area contributed by atoms with Crippen LogP contribution in [0.1, 0.15) is 26.7 Å². The molecule has 0 radical (unpaired) electrons. The van der Waals surface area contributed by atoms with Crippen molar-refractivity contribution in [2.75, 3.05) is 32.7 Å². The summed E-state index contributed by atoms with van der Waals surface area (Å²) in [4.78, 5) is 4.80. The lowest BCUT2D eigenvalue weighted by molar-refractivity contribution is 0.0997. The Kier molecular flexibility index (Phi) is 4.92. The normalized spacial score (nSPS) is 19.9. The van der Waals surface area contributed by atoms with Gasteiger partial charge in [0, 0.05) is 32.2 Å². The highest BCUT2D eigenvalue weighted by molar-refractivity contribution is 4.82. The highest BCUT2D eigenvalue weighted by Crippen LogP contribution is 2.11. The van der Waals surface area contributed by atoms with Crippen LogP contribution < -0.4 is 0 Å². The van der Waals surface area contributed by atoms with Gasteiger partial charge in [-0.05, 0) is 12.8 Å². The van der Waals surface area contributed by atoms with Crippen molar-refractivity contribution in [2.24, 2.45) is 0 Å². The molecule has 0 aromatic carbocycles. The Hall–Kier alpha value is -0.590. The maximum atomic E-state index is 8.58. The first-order chi connectivity index (χ1) is 6.81. The van der Waals surface area contributed by atoms with E-state index in [1.807, 2.05) is 0 Å². The van der Waals surface area contributed by atoms with E-state index in [-0.39, 0.29) is 0 Å². The van der Waals surface area contributed by atoms with Gasteiger partial charge in [-0.25, -0.2) is 0 Å². The van der Waals surface area contributed by atoms with Crippen molar-refractivity contribution in [1.29, 1.82) is 5.26 Å². The van der Waals surface area contributed by atoms with Crippen molar-refractivity contribution >= 4 is 0 Å². The van der Waals surface area contributed by atoms with Gasteiger partial charge in [0.25, 0.3) is 0 Å². The van der Waals surface area contributed by atoms with Gasteiger partial charge in [-0.1, -0.05) is 13.8 Å². The van der Waals surface area contributed by atoms with Gasteiger partial charge < -0.3 is 0 Å². The van der Waals surface area contributed by atoms with Gasteiger partial charge in [0.1, 0.15) is 0 Å². The molecule has 1 heterocycles. The van der Waals surface area contributed by atoms with Crippen molar-refractivity contribution in [3.05, 3.63) is 0 Å². The molecule has 14 heavy (non-hydrogen) atoms. The summed E-state index contributed by atoms with van der Waals surface area (Å²) in [5, 5.41) is 8.58. The van der Waals surface area contributed by atoms with Crippen LogP contribution >= 0.6 is 0 Å². The molecular formula is C11H21N3. The van der Waals surface area contributed by atoms with E-state index in [0.717, 1.165) is 32.2 Å². The topological polar surface area (TPSA) is 30.3 Å². The lowest BCUT2D eigenvalue weighted by atomic mass is 10.1. The second-order valence-electron chi connectivity index (χ2n) is 3.94. The van der Waals surface area contributed by atoms with Crippen LogP contribution in [0.15, 0.2) is 0 Å². The lowest BCUT2D eigenvalue weighted by Crippen LogP contribution is -2.50. The predicted octanol–water partition coefficient (Wildman–Crippen LogP) is 1.32. The van der Waals surface area contributed by atoms with E-state index in [1.165, 1.54) is 12.8 Å². The van der Waals surface area contributed by atoms with E-state index in [4.69, 9.17) is 5.26 Å². The highest BCUT2D eigenvalue weighted by Gasteiger charge is 2.20. The molecule has 80 valence electrons. The zero-order valence-corrected chi connectivity index (χ0v) is 9.37. The predicted molar refractivity (Wildman–Crippen MR) is 58.0 cm³/mol. The minimum Gasteiger partial charge on any atom is -0.298 e. The fraction of sp³-hybridized carbons (Fsp3) is 0.909. The van der Waals surface area contributed by atoms with Crippen LogP contribution in [-0.4, -0.2) is 48.6 Å². The monoisotopic (exact) mass is 195 g/mol. The molecule has 0 spiro atoms. The van der Waals surface area contributed by atoms with Gasteiger partial charge in [-0.2, -0.15) is 5.26 Å². The number of nitriles is 1. The molecule has 0 aromatic rings. The van der Waals surface area contributed by atoms with Crippen LogP contribution in [0.4, 0.5) is 0 Å². The number of hydrogen-bond acceptors (Lipinski definition) is 3. The maximum absolute atomic E-state index is 8.58. The molecule has 0 atom stereocenters. The first-order valence-electron chi connectivity index (χ1n) is 5.65. The smallest absolute Gasteiger partial charge is 0.0866 e. The molecule has 0 N–H and O–H groups in total. The largest absolute Gasteiger partial charge is 0.298 e. The number of piperazine rings is 1. The van der Waals surface area contributed by atoms with E-state index in [9.17, 15) is 0 Å². The molecular weight excluding hydrogens is 174 g/mol. The van der Waals surface area contributed by atoms with Gasteiger partial charge in [-0.15, -0.1) is 0 Å². The molecule has 1 rings (SSSR count). The zero-order chi connectivity index (χ0) is 10.4. The number of rotatable bonds is 4. The molecule has 0 aromatic heterocycles. The van der Waals surface area contributed by atoms with E-state index < -0.39 is 0 Å². The molecule has 0 amide bonds. The lowest BCUT2D eigenvalue weighted by Gasteiger charge is -2.37. The molecule has 1 saturated heterocycles. The number of nitrogens with zero attached hydrogens (tertiary/aromatic N) is 3. The Morgan fingerprint density at radius 2 is 1.71 bits per heavy atom. The SMILES string of the molecule is CCC(CC)N1CCN(CC#N)CC1. The molecule has 1 fully saturated rings. The standard InChI is InChI=1S/C11H21N3/c1-3-11(4-2)14-9-7-13(6-5-12)8-10-14/h11H,3-4,6-10H2,1-2H3. The van der Waals surface area contributed by atoms with Gasteiger partial charge in [0.2, 0.25) is 0 Å². The number of hydrogen-bond donors (Lipinski definition) is 0. The van der Waals surface area contributed by atoms with Crippen LogP contribution in [0.2, 0.25) is 0 Å². The van der Waals surface area contributed by atoms with Crippen LogP contribution in [0.3, 0.4) is 0 Å². The summed E-state index contributed by atoms with van der Waals surface area (Å²) in [5.74, 6) is 0. The van der Waals surface area contributed by atoms with Crippen molar-refractivity contribution in [1.82, 2.24) is 9.80 Å². The van der Waals surface area contributed by atoms with Crippen molar-refractivity contribution in [2.45, 2.75) is 32.7 Å². The Balaban J connectivity index is 2.31. The molecule has 1 aliphatic heterocycles. The van der Waals surface area contributed by atoms with E-state index >= 15 is 0 Å². The van der Waals surface area contributed by atoms with Crippen molar-refractivity contribution in [3.63, 3.8) is 0 Å². The first-order valence-corrected chi connectivity index (χ1v) is 5.65. The molecule has 3 heteroatoms. The molecule has 0 aliphatic carbocycles. The Labute approximate surface area is 87.3 Å². The minimum absolute atomic E-state index is 0.594. The van der Waals surface area contributed by atoms with E-state index in [1.54, 1.807) is 0 Å². The first kappa shape index (κ1) is 11.5. The van der Waals surface area contributed by atoms with E-state index in [0.29, 0.717) is 6.54 Å². The van der Waals surface area contributed by atoms with E-state index in [2.05, 4.69) is 29.7 Å². The van der Waals surface area contributed by atoms with Crippen molar-refractivity contribution in [3.8, 4) is 6.07 Å². The summed E-state index contributed by atoms with van der Waals surface area (Å²) in [6, 6.07) is 2.97. The third kappa shape index (κ3) is 2.97. The Bertz CT molecular complexity index is 185. The maximum Gasteiger partial charge on any atom is 0.0866 e. The van der Waals surface area contributed by atoms with Crippen LogP contribution in [0.25, 0.3) is 0 Å². The van der Waals surface area contributed by atoms with Crippen LogP contribution in [-0.2, 0) is 0 Å². The van der Waals surface area contributed by atoms with Gasteiger partial charge >= 0.3 is 0 Å². The van der Waals surface area contributed by atoms with Gasteiger partial charge in [0.15, 0.2) is 0 Å². The summed E-state index contributed by atoms with van der Waals surface area (Å²) in [5.41, 5.74) is 0. The summed E-state index contributed by atoms with van der Waals surface area (Å²) in [6.45, 7) is 9.50. The average Bonchev–Trinajstić information content (AvgIpc) is 2.23. The van der Waals surface area contributed by atoms with Gasteiger partial charge in [0.05, 0.1) is 12.6 Å². The average molecular weight is 195 g/mol. The quantitative estimate of drug-likeness (QED) is 0.634.